The molecule has 7 heteroatoms. The lowest BCUT2D eigenvalue weighted by atomic mass is 10.3. The fraction of sp³-hybridized carbons (Fsp3) is 0.375. The van der Waals surface area contributed by atoms with Crippen LogP contribution in [0.3, 0.4) is 0 Å². The Bertz CT molecular complexity index is 368. The minimum Gasteiger partial charge on any atom is -0.491 e. The Morgan fingerprint density at radius 2 is 2.00 bits per heavy atom. The van der Waals surface area contributed by atoms with Crippen molar-refractivity contribution < 1.29 is 22.6 Å². The molecule has 0 unspecified atom stereocenters. The summed E-state index contributed by atoms with van der Waals surface area (Å²) in [6.07, 6.45) is -4.77. The first-order valence-electron chi connectivity index (χ1n) is 3.80. The molecule has 0 aromatic carbocycles. The Kier molecular flexibility index (Phi) is 3.63. The van der Waals surface area contributed by atoms with E-state index in [0.717, 1.165) is 0 Å². The summed E-state index contributed by atoms with van der Waals surface area (Å²) in [4.78, 5) is 3.61. The maximum Gasteiger partial charge on any atom is 0.574 e. The van der Waals surface area contributed by atoms with Gasteiger partial charge in [-0.25, -0.2) is 4.98 Å². The van der Waals surface area contributed by atoms with Crippen LogP contribution in [0.4, 0.5) is 13.2 Å². The van der Waals surface area contributed by atoms with Gasteiger partial charge in [0, 0.05) is 0 Å². The number of ether oxygens (including phenoxy) is 2. The summed E-state index contributed by atoms with van der Waals surface area (Å²) in [7, 11) is 1.26. The number of alkyl halides is 3. The lowest BCUT2D eigenvalue weighted by Gasteiger charge is -2.13. The average molecular weight is 333 g/mol. The fourth-order valence-electron chi connectivity index (χ4n) is 1.02. The van der Waals surface area contributed by atoms with E-state index in [0.29, 0.717) is 9.26 Å². The molecule has 0 aliphatic heterocycles. The summed E-state index contributed by atoms with van der Waals surface area (Å²) in [6, 6.07) is 1.60. The van der Waals surface area contributed by atoms with Crippen LogP contribution in [0, 0.1) is 10.6 Å². The zero-order valence-corrected chi connectivity index (χ0v) is 10.0. The van der Waals surface area contributed by atoms with Gasteiger partial charge >= 0.3 is 6.36 Å². The molecule has 0 radical (unpaired) electrons. The largest absolute Gasteiger partial charge is 0.574 e. The van der Waals surface area contributed by atoms with Crippen LogP contribution in [0.25, 0.3) is 0 Å². The van der Waals surface area contributed by atoms with Crippen LogP contribution in [-0.2, 0) is 0 Å². The standard InChI is InChI=1S/C8H7F3INO2/c1-4-3-5(12)13-7(6(4)14-2)15-8(9,10)11/h3H,1-2H3. The Hall–Kier alpha value is -0.730. The van der Waals surface area contributed by atoms with E-state index in [9.17, 15) is 13.2 Å². The van der Waals surface area contributed by atoms with Gasteiger partial charge in [-0.1, -0.05) is 0 Å². The highest BCUT2D eigenvalue weighted by Gasteiger charge is 2.33. The lowest BCUT2D eigenvalue weighted by molar-refractivity contribution is -0.276. The van der Waals surface area contributed by atoms with E-state index in [2.05, 4.69) is 9.72 Å². The SMILES string of the molecule is COc1c(C)cc(I)nc1OC(F)(F)F. The number of rotatable bonds is 2. The molecule has 15 heavy (non-hydrogen) atoms. The van der Waals surface area contributed by atoms with Crippen LogP contribution in [0.15, 0.2) is 6.07 Å². The molecular weight excluding hydrogens is 326 g/mol. The van der Waals surface area contributed by atoms with Gasteiger partial charge < -0.3 is 9.47 Å². The lowest BCUT2D eigenvalue weighted by Crippen LogP contribution is -2.19. The normalized spacial score (nSPS) is 11.3. The third-order valence-corrected chi connectivity index (χ3v) is 2.07. The molecule has 0 saturated carbocycles. The van der Waals surface area contributed by atoms with Crippen LogP contribution >= 0.6 is 22.6 Å². The van der Waals surface area contributed by atoms with Crippen LogP contribution < -0.4 is 9.47 Å². The molecule has 0 aliphatic carbocycles. The smallest absolute Gasteiger partial charge is 0.491 e. The van der Waals surface area contributed by atoms with Crippen molar-refractivity contribution in [2.24, 2.45) is 0 Å². The van der Waals surface area contributed by atoms with E-state index >= 15 is 0 Å². The van der Waals surface area contributed by atoms with E-state index in [1.165, 1.54) is 7.11 Å². The Balaban J connectivity index is 3.15. The molecule has 1 rings (SSSR count). The van der Waals surface area contributed by atoms with Crippen molar-refractivity contribution in [1.29, 1.82) is 0 Å². The first-order chi connectivity index (χ1) is 6.83. The van der Waals surface area contributed by atoms with E-state index in [-0.39, 0.29) is 5.75 Å². The molecule has 3 nitrogen and oxygen atoms in total. The fourth-order valence-corrected chi connectivity index (χ4v) is 1.71. The van der Waals surface area contributed by atoms with Gasteiger partial charge in [-0.15, -0.1) is 13.2 Å². The number of halogens is 4. The van der Waals surface area contributed by atoms with Crippen LogP contribution in [0.2, 0.25) is 0 Å². The van der Waals surface area contributed by atoms with Crippen molar-refractivity contribution in [2.45, 2.75) is 13.3 Å². The Morgan fingerprint density at radius 1 is 1.40 bits per heavy atom. The number of aryl methyl sites for hydroxylation is 1. The summed E-state index contributed by atoms with van der Waals surface area (Å²) in [5.41, 5.74) is 0.538. The van der Waals surface area contributed by atoms with Crippen molar-refractivity contribution in [2.75, 3.05) is 7.11 Å². The molecule has 1 aromatic rings. The van der Waals surface area contributed by atoms with Gasteiger partial charge in [-0.05, 0) is 41.1 Å². The summed E-state index contributed by atoms with van der Waals surface area (Å²) >= 11 is 1.80. The van der Waals surface area contributed by atoms with Crippen molar-refractivity contribution in [3.8, 4) is 11.6 Å². The van der Waals surface area contributed by atoms with Gasteiger partial charge in [0.05, 0.1) is 7.11 Å². The average Bonchev–Trinajstić information content (AvgIpc) is 1.99. The van der Waals surface area contributed by atoms with Crippen molar-refractivity contribution in [3.63, 3.8) is 0 Å². The topological polar surface area (TPSA) is 31.4 Å². The number of hydrogen-bond donors (Lipinski definition) is 0. The molecule has 0 bridgehead atoms. The van der Waals surface area contributed by atoms with Gasteiger partial charge in [0.15, 0.2) is 5.75 Å². The highest BCUT2D eigenvalue weighted by Crippen LogP contribution is 2.33. The van der Waals surface area contributed by atoms with Gasteiger partial charge in [0.25, 0.3) is 5.88 Å². The third kappa shape index (κ3) is 3.40. The molecule has 0 N–H and O–H groups in total. The minimum absolute atomic E-state index is 0.00672. The van der Waals surface area contributed by atoms with E-state index in [4.69, 9.17) is 4.74 Å². The van der Waals surface area contributed by atoms with Gasteiger partial charge in [-0.2, -0.15) is 0 Å². The monoisotopic (exact) mass is 333 g/mol. The molecule has 0 saturated heterocycles. The first kappa shape index (κ1) is 12.3. The van der Waals surface area contributed by atoms with E-state index in [1.54, 1.807) is 35.6 Å². The highest BCUT2D eigenvalue weighted by atomic mass is 127. The summed E-state index contributed by atoms with van der Waals surface area (Å²) in [5, 5.41) is 0. The predicted molar refractivity (Wildman–Crippen MR) is 54.9 cm³/mol. The first-order valence-corrected chi connectivity index (χ1v) is 4.88. The second-order valence-corrected chi connectivity index (χ2v) is 3.75. The van der Waals surface area contributed by atoms with Gasteiger partial charge in [-0.3, -0.25) is 0 Å². The molecule has 1 heterocycles. The Morgan fingerprint density at radius 3 is 2.47 bits per heavy atom. The summed E-state index contributed by atoms with van der Waals surface area (Å²) in [5.74, 6) is -0.567. The number of nitrogens with zero attached hydrogens (tertiary/aromatic N) is 1. The Labute approximate surface area is 97.7 Å². The minimum atomic E-state index is -4.77. The van der Waals surface area contributed by atoms with Gasteiger partial charge in [0.1, 0.15) is 3.70 Å². The molecule has 0 spiro atoms. The summed E-state index contributed by atoms with van der Waals surface area (Å²) < 4.78 is 44.9. The van der Waals surface area contributed by atoms with Crippen molar-refractivity contribution >= 4 is 22.6 Å². The number of pyridine rings is 1. The highest BCUT2D eigenvalue weighted by molar-refractivity contribution is 14.1. The molecule has 0 atom stereocenters. The second kappa shape index (κ2) is 4.42. The van der Waals surface area contributed by atoms with Crippen molar-refractivity contribution in [3.05, 3.63) is 15.3 Å². The number of methoxy groups -OCH3 is 1. The van der Waals surface area contributed by atoms with E-state index < -0.39 is 12.2 Å². The maximum atomic E-state index is 12.0. The number of hydrogen-bond acceptors (Lipinski definition) is 3. The molecule has 0 fully saturated rings. The predicted octanol–water partition coefficient (Wildman–Crippen LogP) is 2.90. The zero-order valence-electron chi connectivity index (χ0n) is 7.85. The molecule has 1 aromatic heterocycles. The van der Waals surface area contributed by atoms with Crippen LogP contribution in [0.1, 0.15) is 5.56 Å². The molecule has 0 aliphatic rings. The number of aromatic nitrogens is 1. The third-order valence-electron chi connectivity index (χ3n) is 1.51. The quantitative estimate of drug-likeness (QED) is 0.616. The van der Waals surface area contributed by atoms with Crippen LogP contribution in [0.5, 0.6) is 11.6 Å². The second-order valence-electron chi connectivity index (χ2n) is 2.65. The van der Waals surface area contributed by atoms with Crippen LogP contribution in [-0.4, -0.2) is 18.5 Å². The summed E-state index contributed by atoms with van der Waals surface area (Å²) in [6.45, 7) is 1.62. The molecule has 0 amide bonds. The van der Waals surface area contributed by atoms with E-state index in [1.807, 2.05) is 0 Å². The maximum absolute atomic E-state index is 12.0. The zero-order chi connectivity index (χ0) is 11.6. The van der Waals surface area contributed by atoms with Gasteiger partial charge in [0.2, 0.25) is 0 Å². The van der Waals surface area contributed by atoms with Crippen molar-refractivity contribution in [1.82, 2.24) is 4.98 Å². The molecule has 84 valence electrons. The molecular formula is C8H7F3INO2.